The third kappa shape index (κ3) is 3.25. The molecule has 0 fully saturated rings. The van der Waals surface area contributed by atoms with Crippen LogP contribution in [0.4, 0.5) is 0 Å². The van der Waals surface area contributed by atoms with Crippen LogP contribution in [0.1, 0.15) is 57.4 Å². The van der Waals surface area contributed by atoms with E-state index in [2.05, 4.69) is 49.9 Å². The highest BCUT2D eigenvalue weighted by molar-refractivity contribution is 5.76. The van der Waals surface area contributed by atoms with Crippen LogP contribution in [0, 0.1) is 0 Å². The van der Waals surface area contributed by atoms with Crippen LogP contribution in [0.2, 0.25) is 0 Å². The Morgan fingerprint density at radius 3 is 2.86 bits per heavy atom. The summed E-state index contributed by atoms with van der Waals surface area (Å²) in [4.78, 5) is 7.22. The van der Waals surface area contributed by atoms with Gasteiger partial charge in [-0.2, -0.15) is 0 Å². The number of rotatable bonds is 5. The molecule has 0 atom stereocenters. The van der Waals surface area contributed by atoms with E-state index in [4.69, 9.17) is 9.40 Å². The monoisotopic (exact) mass is 298 g/mol. The van der Waals surface area contributed by atoms with Crippen molar-refractivity contribution in [3.05, 3.63) is 35.7 Å². The van der Waals surface area contributed by atoms with Gasteiger partial charge in [0.2, 0.25) is 5.89 Å². The molecule has 0 saturated carbocycles. The van der Waals surface area contributed by atoms with Gasteiger partial charge < -0.3 is 4.42 Å². The summed E-state index contributed by atoms with van der Waals surface area (Å²) in [7, 11) is 0. The molecule has 3 heteroatoms. The van der Waals surface area contributed by atoms with Crippen molar-refractivity contribution < 1.29 is 4.42 Å². The average Bonchev–Trinajstić information content (AvgIpc) is 2.96. The van der Waals surface area contributed by atoms with Gasteiger partial charge in [-0.15, -0.1) is 0 Å². The summed E-state index contributed by atoms with van der Waals surface area (Å²) in [6.45, 7) is 9.99. The fourth-order valence-corrected chi connectivity index (χ4v) is 2.93. The molecule has 1 aromatic heterocycles. The Kier molecular flexibility index (Phi) is 4.63. The van der Waals surface area contributed by atoms with Crippen molar-refractivity contribution in [2.75, 3.05) is 19.6 Å². The Labute approximate surface area is 133 Å². The minimum atomic E-state index is 0.519. The van der Waals surface area contributed by atoms with Crippen molar-refractivity contribution in [1.29, 1.82) is 0 Å². The largest absolute Gasteiger partial charge is 0.436 e. The Balaban J connectivity index is 1.78. The number of unbranched alkanes of at least 4 members (excludes halogenated alkanes) is 1. The molecule has 0 N–H and O–H groups in total. The van der Waals surface area contributed by atoms with E-state index in [1.54, 1.807) is 0 Å². The number of fused-ring (bicyclic) bond motifs is 1. The lowest BCUT2D eigenvalue weighted by atomic mass is 10.0. The van der Waals surface area contributed by atoms with Gasteiger partial charge in [-0.1, -0.05) is 39.3 Å². The lowest BCUT2D eigenvalue weighted by Gasteiger charge is -2.24. The van der Waals surface area contributed by atoms with Crippen molar-refractivity contribution in [1.82, 2.24) is 9.88 Å². The average molecular weight is 298 g/mol. The molecule has 1 aliphatic rings. The van der Waals surface area contributed by atoms with E-state index in [-0.39, 0.29) is 0 Å². The molecule has 3 nitrogen and oxygen atoms in total. The van der Waals surface area contributed by atoms with Gasteiger partial charge in [-0.25, -0.2) is 4.98 Å². The Hall–Kier alpha value is -1.61. The van der Waals surface area contributed by atoms with E-state index in [0.717, 1.165) is 36.5 Å². The van der Waals surface area contributed by atoms with Gasteiger partial charge in [0, 0.05) is 18.7 Å². The van der Waals surface area contributed by atoms with E-state index in [1.807, 2.05) is 0 Å². The number of aromatic nitrogens is 1. The molecule has 0 saturated heterocycles. The third-order valence-corrected chi connectivity index (χ3v) is 4.47. The normalized spacial score (nSPS) is 16.5. The van der Waals surface area contributed by atoms with Crippen LogP contribution >= 0.6 is 0 Å². The molecule has 0 spiro atoms. The summed E-state index contributed by atoms with van der Waals surface area (Å²) in [5, 5.41) is 0. The highest BCUT2D eigenvalue weighted by Gasteiger charge is 2.17. The second kappa shape index (κ2) is 6.66. The van der Waals surface area contributed by atoms with Gasteiger partial charge in [0.25, 0.3) is 0 Å². The van der Waals surface area contributed by atoms with Crippen molar-refractivity contribution in [2.24, 2.45) is 0 Å². The first-order valence-electron chi connectivity index (χ1n) is 8.49. The highest BCUT2D eigenvalue weighted by Crippen LogP contribution is 2.27. The molecule has 0 bridgehead atoms. The topological polar surface area (TPSA) is 29.3 Å². The van der Waals surface area contributed by atoms with E-state index < -0.39 is 0 Å². The standard InChI is InChI=1S/C19H26N2O/c1-4-5-10-21-11-8-15(9-12-21)19-20-17-13-16(14(2)3)6-7-18(17)22-19/h6-8,13-14H,4-5,9-12H2,1-3H3. The van der Waals surface area contributed by atoms with E-state index in [0.29, 0.717) is 5.92 Å². The molecule has 2 aromatic rings. The number of hydrogen-bond donors (Lipinski definition) is 0. The van der Waals surface area contributed by atoms with E-state index >= 15 is 0 Å². The predicted octanol–water partition coefficient (Wildman–Crippen LogP) is 4.84. The summed E-state index contributed by atoms with van der Waals surface area (Å²) in [5.41, 5.74) is 4.45. The second-order valence-corrected chi connectivity index (χ2v) is 6.53. The van der Waals surface area contributed by atoms with Gasteiger partial charge >= 0.3 is 0 Å². The quantitative estimate of drug-likeness (QED) is 0.791. The van der Waals surface area contributed by atoms with Gasteiger partial charge in [0.15, 0.2) is 5.58 Å². The minimum absolute atomic E-state index is 0.519. The molecule has 3 rings (SSSR count). The third-order valence-electron chi connectivity index (χ3n) is 4.47. The van der Waals surface area contributed by atoms with Gasteiger partial charge in [-0.05, 0) is 43.0 Å². The number of hydrogen-bond acceptors (Lipinski definition) is 3. The van der Waals surface area contributed by atoms with Crippen LogP contribution < -0.4 is 0 Å². The maximum absolute atomic E-state index is 5.96. The summed E-state index contributed by atoms with van der Waals surface area (Å²) >= 11 is 0. The molecule has 1 aliphatic heterocycles. The lowest BCUT2D eigenvalue weighted by molar-refractivity contribution is 0.295. The van der Waals surface area contributed by atoms with E-state index in [1.165, 1.54) is 30.5 Å². The molecule has 0 unspecified atom stereocenters. The second-order valence-electron chi connectivity index (χ2n) is 6.53. The Morgan fingerprint density at radius 1 is 1.32 bits per heavy atom. The summed E-state index contributed by atoms with van der Waals surface area (Å²) in [5.74, 6) is 1.33. The number of nitrogens with zero attached hydrogens (tertiary/aromatic N) is 2. The first-order chi connectivity index (χ1) is 10.7. The van der Waals surface area contributed by atoms with Crippen LogP contribution in [0.25, 0.3) is 16.7 Å². The first-order valence-corrected chi connectivity index (χ1v) is 8.49. The number of oxazole rings is 1. The molecular formula is C19H26N2O. The Morgan fingerprint density at radius 2 is 2.18 bits per heavy atom. The zero-order chi connectivity index (χ0) is 15.5. The summed E-state index contributed by atoms with van der Waals surface area (Å²) < 4.78 is 5.96. The maximum Gasteiger partial charge on any atom is 0.222 e. The minimum Gasteiger partial charge on any atom is -0.436 e. The van der Waals surface area contributed by atoms with Crippen molar-refractivity contribution in [3.8, 4) is 0 Å². The Bertz CT molecular complexity index is 669. The van der Waals surface area contributed by atoms with Gasteiger partial charge in [0.1, 0.15) is 5.52 Å². The van der Waals surface area contributed by atoms with Crippen LogP contribution in [0.5, 0.6) is 0 Å². The van der Waals surface area contributed by atoms with Crippen molar-refractivity contribution >= 4 is 16.7 Å². The fraction of sp³-hybridized carbons (Fsp3) is 0.526. The summed E-state index contributed by atoms with van der Waals surface area (Å²) in [6.07, 6.45) is 5.86. The molecule has 2 heterocycles. The fourth-order valence-electron chi connectivity index (χ4n) is 2.93. The predicted molar refractivity (Wildman–Crippen MR) is 92.0 cm³/mol. The van der Waals surface area contributed by atoms with Crippen LogP contribution in [0.15, 0.2) is 28.7 Å². The molecule has 0 aliphatic carbocycles. The zero-order valence-corrected chi connectivity index (χ0v) is 13.9. The molecule has 22 heavy (non-hydrogen) atoms. The van der Waals surface area contributed by atoms with Gasteiger partial charge in [0.05, 0.1) is 0 Å². The molecule has 0 radical (unpaired) electrons. The van der Waals surface area contributed by atoms with Crippen LogP contribution in [0.3, 0.4) is 0 Å². The first kappa shape index (κ1) is 15.3. The summed E-state index contributed by atoms with van der Waals surface area (Å²) in [6, 6.07) is 6.35. The number of benzene rings is 1. The SMILES string of the molecule is CCCCN1CC=C(c2nc3cc(C(C)C)ccc3o2)CC1. The smallest absolute Gasteiger partial charge is 0.222 e. The highest BCUT2D eigenvalue weighted by atomic mass is 16.3. The molecule has 1 aromatic carbocycles. The molecular weight excluding hydrogens is 272 g/mol. The zero-order valence-electron chi connectivity index (χ0n) is 13.9. The lowest BCUT2D eigenvalue weighted by Crippen LogP contribution is -2.29. The van der Waals surface area contributed by atoms with Crippen LogP contribution in [-0.4, -0.2) is 29.5 Å². The van der Waals surface area contributed by atoms with E-state index in [9.17, 15) is 0 Å². The van der Waals surface area contributed by atoms with Crippen LogP contribution in [-0.2, 0) is 0 Å². The van der Waals surface area contributed by atoms with Gasteiger partial charge in [-0.3, -0.25) is 4.90 Å². The molecule has 118 valence electrons. The maximum atomic E-state index is 5.96. The van der Waals surface area contributed by atoms with Crippen molar-refractivity contribution in [2.45, 2.75) is 46.0 Å². The molecule has 0 amide bonds. The van der Waals surface area contributed by atoms with Crippen molar-refractivity contribution in [3.63, 3.8) is 0 Å².